The molecule has 0 aliphatic carbocycles. The van der Waals surface area contributed by atoms with E-state index in [1.54, 1.807) is 24.3 Å². The van der Waals surface area contributed by atoms with Gasteiger partial charge in [-0.2, -0.15) is 0 Å². The molecule has 0 saturated heterocycles. The largest absolute Gasteiger partial charge is 0.497 e. The molecule has 0 aliphatic heterocycles. The second kappa shape index (κ2) is 5.96. The lowest BCUT2D eigenvalue weighted by Gasteiger charge is -2.10. The normalized spacial score (nSPS) is 9.95. The molecule has 2 rings (SSSR count). The Hall–Kier alpha value is -3.02. The SMILES string of the molecule is COc1cccc(Oc2ccc(C(=O)O)cc2C(=O)O)c1. The van der Waals surface area contributed by atoms with Gasteiger partial charge < -0.3 is 19.7 Å². The molecule has 21 heavy (non-hydrogen) atoms. The maximum absolute atomic E-state index is 11.2. The van der Waals surface area contributed by atoms with E-state index < -0.39 is 11.9 Å². The summed E-state index contributed by atoms with van der Waals surface area (Å²) in [5.74, 6) is -1.46. The molecular weight excluding hydrogens is 276 g/mol. The van der Waals surface area contributed by atoms with Crippen LogP contribution in [0.15, 0.2) is 42.5 Å². The Kier molecular flexibility index (Phi) is 4.08. The van der Waals surface area contributed by atoms with Crippen LogP contribution in [0.4, 0.5) is 0 Å². The third kappa shape index (κ3) is 3.30. The van der Waals surface area contributed by atoms with E-state index in [1.165, 1.54) is 19.2 Å². The molecule has 0 radical (unpaired) electrons. The van der Waals surface area contributed by atoms with Gasteiger partial charge in [0.25, 0.3) is 0 Å². The molecule has 0 spiro atoms. The van der Waals surface area contributed by atoms with E-state index in [0.717, 1.165) is 6.07 Å². The number of benzene rings is 2. The van der Waals surface area contributed by atoms with Gasteiger partial charge in [-0.15, -0.1) is 0 Å². The lowest BCUT2D eigenvalue weighted by Crippen LogP contribution is -2.04. The summed E-state index contributed by atoms with van der Waals surface area (Å²) < 4.78 is 10.5. The summed E-state index contributed by atoms with van der Waals surface area (Å²) in [5.41, 5.74) is -0.344. The van der Waals surface area contributed by atoms with Crippen molar-refractivity contribution in [2.24, 2.45) is 0 Å². The molecule has 0 atom stereocenters. The zero-order valence-corrected chi connectivity index (χ0v) is 11.1. The van der Waals surface area contributed by atoms with Crippen molar-refractivity contribution in [1.82, 2.24) is 0 Å². The van der Waals surface area contributed by atoms with Gasteiger partial charge in [-0.25, -0.2) is 9.59 Å². The number of carboxylic acids is 2. The van der Waals surface area contributed by atoms with Gasteiger partial charge in [0.1, 0.15) is 22.8 Å². The Morgan fingerprint density at radius 3 is 2.29 bits per heavy atom. The van der Waals surface area contributed by atoms with Crippen molar-refractivity contribution in [3.8, 4) is 17.2 Å². The quantitative estimate of drug-likeness (QED) is 0.878. The fraction of sp³-hybridized carbons (Fsp3) is 0.0667. The Balaban J connectivity index is 2.38. The Morgan fingerprint density at radius 1 is 0.952 bits per heavy atom. The molecule has 0 bridgehead atoms. The van der Waals surface area contributed by atoms with Crippen molar-refractivity contribution in [3.63, 3.8) is 0 Å². The molecule has 0 aromatic heterocycles. The predicted octanol–water partition coefficient (Wildman–Crippen LogP) is 2.88. The zero-order valence-electron chi connectivity index (χ0n) is 11.1. The number of aromatic carboxylic acids is 2. The van der Waals surface area contributed by atoms with Crippen LogP contribution in [0.25, 0.3) is 0 Å². The topological polar surface area (TPSA) is 93.1 Å². The second-order valence-corrected chi connectivity index (χ2v) is 4.10. The average molecular weight is 288 g/mol. The van der Waals surface area contributed by atoms with Crippen LogP contribution in [0.2, 0.25) is 0 Å². The standard InChI is InChI=1S/C15H12O6/c1-20-10-3-2-4-11(8-10)21-13-6-5-9(14(16)17)7-12(13)15(18)19/h2-8H,1H3,(H,16,17)(H,18,19). The number of carboxylic acid groups (broad SMARTS) is 2. The molecule has 0 amide bonds. The number of rotatable bonds is 5. The number of hydrogen-bond acceptors (Lipinski definition) is 4. The van der Waals surface area contributed by atoms with Crippen LogP contribution in [0.3, 0.4) is 0 Å². The zero-order chi connectivity index (χ0) is 15.4. The van der Waals surface area contributed by atoms with Crippen molar-refractivity contribution in [2.45, 2.75) is 0 Å². The molecule has 6 heteroatoms. The van der Waals surface area contributed by atoms with Crippen LogP contribution in [0.5, 0.6) is 17.2 Å². The van der Waals surface area contributed by atoms with Gasteiger partial charge in [0.2, 0.25) is 0 Å². The summed E-state index contributed by atoms with van der Waals surface area (Å²) in [6.07, 6.45) is 0. The summed E-state index contributed by atoms with van der Waals surface area (Å²) in [6.45, 7) is 0. The Bertz CT molecular complexity index is 692. The molecule has 2 aromatic rings. The van der Waals surface area contributed by atoms with Crippen molar-refractivity contribution in [1.29, 1.82) is 0 Å². The maximum Gasteiger partial charge on any atom is 0.339 e. The molecule has 0 heterocycles. The highest BCUT2D eigenvalue weighted by atomic mass is 16.5. The van der Waals surface area contributed by atoms with E-state index >= 15 is 0 Å². The number of hydrogen-bond donors (Lipinski definition) is 2. The van der Waals surface area contributed by atoms with Crippen LogP contribution < -0.4 is 9.47 Å². The first-order valence-electron chi connectivity index (χ1n) is 5.94. The number of carbonyl (C=O) groups is 2. The lowest BCUT2D eigenvalue weighted by atomic mass is 10.1. The third-order valence-electron chi connectivity index (χ3n) is 2.73. The van der Waals surface area contributed by atoms with Crippen molar-refractivity contribution >= 4 is 11.9 Å². The first-order valence-corrected chi connectivity index (χ1v) is 5.94. The van der Waals surface area contributed by atoms with E-state index in [4.69, 9.17) is 19.7 Å². The summed E-state index contributed by atoms with van der Waals surface area (Å²) in [5, 5.41) is 18.0. The second-order valence-electron chi connectivity index (χ2n) is 4.10. The fourth-order valence-electron chi connectivity index (χ4n) is 1.71. The monoisotopic (exact) mass is 288 g/mol. The first-order chi connectivity index (χ1) is 10.0. The highest BCUT2D eigenvalue weighted by molar-refractivity contribution is 5.96. The van der Waals surface area contributed by atoms with Crippen LogP contribution in [0, 0.1) is 0 Å². The molecule has 2 N–H and O–H groups in total. The van der Waals surface area contributed by atoms with Gasteiger partial charge in [0.15, 0.2) is 0 Å². The van der Waals surface area contributed by atoms with E-state index in [9.17, 15) is 9.59 Å². The van der Waals surface area contributed by atoms with Crippen molar-refractivity contribution in [2.75, 3.05) is 7.11 Å². The van der Waals surface area contributed by atoms with Gasteiger partial charge in [-0.3, -0.25) is 0 Å². The highest BCUT2D eigenvalue weighted by Crippen LogP contribution is 2.28. The number of ether oxygens (including phenoxy) is 2. The minimum absolute atomic E-state index is 0.0563. The highest BCUT2D eigenvalue weighted by Gasteiger charge is 2.15. The molecule has 0 saturated carbocycles. The molecule has 108 valence electrons. The molecule has 2 aromatic carbocycles. The maximum atomic E-state index is 11.2. The van der Waals surface area contributed by atoms with Crippen LogP contribution >= 0.6 is 0 Å². The molecule has 0 unspecified atom stereocenters. The van der Waals surface area contributed by atoms with E-state index in [-0.39, 0.29) is 16.9 Å². The predicted molar refractivity (Wildman–Crippen MR) is 73.4 cm³/mol. The van der Waals surface area contributed by atoms with Crippen molar-refractivity contribution in [3.05, 3.63) is 53.6 Å². The molecule has 6 nitrogen and oxygen atoms in total. The van der Waals surface area contributed by atoms with Gasteiger partial charge in [-0.05, 0) is 30.3 Å². The van der Waals surface area contributed by atoms with Crippen LogP contribution in [0.1, 0.15) is 20.7 Å². The summed E-state index contributed by atoms with van der Waals surface area (Å²) >= 11 is 0. The molecule has 0 aliphatic rings. The fourth-order valence-corrected chi connectivity index (χ4v) is 1.71. The number of methoxy groups -OCH3 is 1. The first kappa shape index (κ1) is 14.4. The van der Waals surface area contributed by atoms with Crippen molar-refractivity contribution < 1.29 is 29.3 Å². The van der Waals surface area contributed by atoms with Crippen LogP contribution in [-0.4, -0.2) is 29.3 Å². The van der Waals surface area contributed by atoms with Gasteiger partial charge >= 0.3 is 11.9 Å². The summed E-state index contributed by atoms with van der Waals surface area (Å²) in [7, 11) is 1.50. The van der Waals surface area contributed by atoms with Gasteiger partial charge in [-0.1, -0.05) is 6.07 Å². The van der Waals surface area contributed by atoms with E-state index in [0.29, 0.717) is 11.5 Å². The van der Waals surface area contributed by atoms with Crippen LogP contribution in [-0.2, 0) is 0 Å². The minimum atomic E-state index is -1.27. The van der Waals surface area contributed by atoms with Gasteiger partial charge in [0.05, 0.1) is 12.7 Å². The van der Waals surface area contributed by atoms with E-state index in [2.05, 4.69) is 0 Å². The smallest absolute Gasteiger partial charge is 0.339 e. The Morgan fingerprint density at radius 2 is 1.67 bits per heavy atom. The Labute approximate surface area is 120 Å². The average Bonchev–Trinajstić information content (AvgIpc) is 2.47. The summed E-state index contributed by atoms with van der Waals surface area (Å²) in [6, 6.07) is 10.3. The minimum Gasteiger partial charge on any atom is -0.497 e. The molecule has 0 fully saturated rings. The lowest BCUT2D eigenvalue weighted by molar-refractivity contribution is 0.0694. The summed E-state index contributed by atoms with van der Waals surface area (Å²) in [4.78, 5) is 22.1. The third-order valence-corrected chi connectivity index (χ3v) is 2.73. The molecular formula is C15H12O6. The van der Waals surface area contributed by atoms with E-state index in [1.807, 2.05) is 0 Å². The van der Waals surface area contributed by atoms with Gasteiger partial charge in [0, 0.05) is 6.07 Å².